The maximum absolute atomic E-state index is 10.9. The van der Waals surface area contributed by atoms with E-state index in [0.29, 0.717) is 5.92 Å². The fourth-order valence-corrected chi connectivity index (χ4v) is 3.23. The molecule has 4 heteroatoms. The van der Waals surface area contributed by atoms with E-state index in [-0.39, 0.29) is 11.3 Å². The fraction of sp³-hybridized carbons (Fsp3) is 0.692. The highest BCUT2D eigenvalue weighted by Gasteiger charge is 2.37. The highest BCUT2D eigenvalue weighted by atomic mass is 32.1. The number of carbonyl (C=O) groups is 1. The molecule has 3 nitrogen and oxygen atoms in total. The molecule has 2 atom stereocenters. The molecule has 0 aromatic carbocycles. The highest BCUT2D eigenvalue weighted by molar-refractivity contribution is 7.09. The highest BCUT2D eigenvalue weighted by Crippen LogP contribution is 2.37. The third kappa shape index (κ3) is 2.68. The minimum Gasteiger partial charge on any atom is -0.481 e. The normalized spacial score (nSPS) is 24.4. The second-order valence-corrected chi connectivity index (χ2v) is 6.81. The van der Waals surface area contributed by atoms with Crippen molar-refractivity contribution < 1.29 is 9.90 Å². The van der Waals surface area contributed by atoms with Crippen LogP contribution < -0.4 is 0 Å². The summed E-state index contributed by atoms with van der Waals surface area (Å²) >= 11 is 1.66. The Morgan fingerprint density at radius 1 is 1.53 bits per heavy atom. The van der Waals surface area contributed by atoms with Crippen LogP contribution in [0.25, 0.3) is 0 Å². The summed E-state index contributed by atoms with van der Waals surface area (Å²) in [6, 6.07) is 0. The van der Waals surface area contributed by atoms with Crippen molar-refractivity contribution in [2.24, 2.45) is 11.8 Å². The minimum atomic E-state index is -0.645. The molecule has 94 valence electrons. The molecule has 0 spiro atoms. The van der Waals surface area contributed by atoms with Crippen LogP contribution in [0, 0.1) is 11.8 Å². The molecule has 1 saturated carbocycles. The van der Waals surface area contributed by atoms with Gasteiger partial charge >= 0.3 is 5.97 Å². The molecule has 1 aromatic rings. The van der Waals surface area contributed by atoms with Crippen molar-refractivity contribution in [3.05, 3.63) is 16.1 Å². The van der Waals surface area contributed by atoms with Gasteiger partial charge in [0.25, 0.3) is 0 Å². The van der Waals surface area contributed by atoms with E-state index in [1.807, 2.05) is 0 Å². The Hall–Kier alpha value is -0.900. The number of carboxylic acids is 1. The summed E-state index contributed by atoms with van der Waals surface area (Å²) in [5.41, 5.74) is 1.20. The van der Waals surface area contributed by atoms with Crippen molar-refractivity contribution in [3.8, 4) is 0 Å². The van der Waals surface area contributed by atoms with Gasteiger partial charge in [-0.05, 0) is 18.8 Å². The summed E-state index contributed by atoms with van der Waals surface area (Å²) in [7, 11) is 0. The molecule has 0 aliphatic heterocycles. The van der Waals surface area contributed by atoms with Crippen LogP contribution in [-0.2, 0) is 16.6 Å². The van der Waals surface area contributed by atoms with Crippen LogP contribution in [0.4, 0.5) is 0 Å². The van der Waals surface area contributed by atoms with Crippen LogP contribution >= 0.6 is 11.3 Å². The molecule has 1 aliphatic carbocycles. The first-order chi connectivity index (χ1) is 7.88. The maximum Gasteiger partial charge on any atom is 0.306 e. The Morgan fingerprint density at radius 2 is 2.24 bits per heavy atom. The lowest BCUT2D eigenvalue weighted by molar-refractivity contribution is -0.147. The minimum absolute atomic E-state index is 0.0839. The summed E-state index contributed by atoms with van der Waals surface area (Å²) in [5.74, 6) is -0.489. The van der Waals surface area contributed by atoms with Gasteiger partial charge in [-0.1, -0.05) is 20.8 Å². The summed E-state index contributed by atoms with van der Waals surface area (Å²) in [6.45, 7) is 6.44. The standard InChI is InChI=1S/C13H19NO2S/c1-13(2,3)10-7-17-11(14-10)6-8-4-5-9(8)12(15)16/h7-9H,4-6H2,1-3H3,(H,15,16). The Bertz CT molecular complexity index is 419. The molecule has 0 amide bonds. The third-order valence-corrected chi connectivity index (χ3v) is 4.36. The van der Waals surface area contributed by atoms with Gasteiger partial charge in [0.05, 0.1) is 16.6 Å². The molecule has 1 aromatic heterocycles. The van der Waals surface area contributed by atoms with Gasteiger partial charge < -0.3 is 5.11 Å². The zero-order chi connectivity index (χ0) is 12.6. The number of hydrogen-bond acceptors (Lipinski definition) is 3. The molecule has 1 fully saturated rings. The van der Waals surface area contributed by atoms with Gasteiger partial charge in [0.1, 0.15) is 0 Å². The average molecular weight is 253 g/mol. The Kier molecular flexibility index (Phi) is 3.25. The van der Waals surface area contributed by atoms with Crippen LogP contribution in [0.1, 0.15) is 44.3 Å². The van der Waals surface area contributed by atoms with Crippen LogP contribution in [-0.4, -0.2) is 16.1 Å². The Labute approximate surface area is 106 Å². The van der Waals surface area contributed by atoms with Gasteiger partial charge in [0.15, 0.2) is 0 Å². The molecular weight excluding hydrogens is 234 g/mol. The zero-order valence-corrected chi connectivity index (χ0v) is 11.4. The van der Waals surface area contributed by atoms with E-state index in [2.05, 4.69) is 31.1 Å². The molecule has 2 rings (SSSR count). The molecule has 1 heterocycles. The smallest absolute Gasteiger partial charge is 0.306 e. The first kappa shape index (κ1) is 12.6. The number of rotatable bonds is 3. The average Bonchev–Trinajstić information content (AvgIpc) is 2.58. The van der Waals surface area contributed by atoms with Crippen LogP contribution in [0.2, 0.25) is 0 Å². The predicted octanol–water partition coefficient (Wildman–Crippen LogP) is 3.09. The lowest BCUT2D eigenvalue weighted by Crippen LogP contribution is -2.34. The van der Waals surface area contributed by atoms with Gasteiger partial charge in [-0.2, -0.15) is 0 Å². The summed E-state index contributed by atoms with van der Waals surface area (Å²) < 4.78 is 0. The number of nitrogens with zero attached hydrogens (tertiary/aromatic N) is 1. The van der Waals surface area contributed by atoms with Crippen LogP contribution in [0.3, 0.4) is 0 Å². The molecule has 1 N–H and O–H groups in total. The van der Waals surface area contributed by atoms with E-state index in [9.17, 15) is 4.79 Å². The van der Waals surface area contributed by atoms with E-state index in [1.54, 1.807) is 11.3 Å². The van der Waals surface area contributed by atoms with Crippen molar-refractivity contribution in [3.63, 3.8) is 0 Å². The van der Waals surface area contributed by atoms with E-state index in [0.717, 1.165) is 30.0 Å². The number of carboxylic acid groups (broad SMARTS) is 1. The Balaban J connectivity index is 2.00. The summed E-state index contributed by atoms with van der Waals surface area (Å²) in [5, 5.41) is 12.2. The maximum atomic E-state index is 10.9. The molecule has 0 saturated heterocycles. The van der Waals surface area contributed by atoms with Gasteiger partial charge in [-0.15, -0.1) is 11.3 Å². The molecule has 0 radical (unpaired) electrons. The largest absolute Gasteiger partial charge is 0.481 e. The van der Waals surface area contributed by atoms with Crippen molar-refractivity contribution in [1.82, 2.24) is 4.98 Å². The summed E-state index contributed by atoms with van der Waals surface area (Å²) in [4.78, 5) is 15.6. The second-order valence-electron chi connectivity index (χ2n) is 5.86. The number of aromatic nitrogens is 1. The first-order valence-electron chi connectivity index (χ1n) is 6.05. The second kappa shape index (κ2) is 4.41. The van der Waals surface area contributed by atoms with Gasteiger partial charge in [0.2, 0.25) is 0 Å². The summed E-state index contributed by atoms with van der Waals surface area (Å²) in [6.07, 6.45) is 2.69. The van der Waals surface area contributed by atoms with Crippen LogP contribution in [0.5, 0.6) is 0 Å². The van der Waals surface area contributed by atoms with Crippen molar-refractivity contribution in [1.29, 1.82) is 0 Å². The van der Waals surface area contributed by atoms with Gasteiger partial charge in [-0.25, -0.2) is 4.98 Å². The van der Waals surface area contributed by atoms with E-state index < -0.39 is 5.97 Å². The molecule has 17 heavy (non-hydrogen) atoms. The van der Waals surface area contributed by atoms with Gasteiger partial charge in [0, 0.05) is 17.2 Å². The van der Waals surface area contributed by atoms with Gasteiger partial charge in [-0.3, -0.25) is 4.79 Å². The third-order valence-electron chi connectivity index (χ3n) is 3.49. The van der Waals surface area contributed by atoms with Crippen molar-refractivity contribution >= 4 is 17.3 Å². The van der Waals surface area contributed by atoms with Crippen LogP contribution in [0.15, 0.2) is 5.38 Å². The monoisotopic (exact) mass is 253 g/mol. The van der Waals surface area contributed by atoms with E-state index in [1.165, 1.54) is 0 Å². The number of hydrogen-bond donors (Lipinski definition) is 1. The lowest BCUT2D eigenvalue weighted by atomic mass is 9.72. The quantitative estimate of drug-likeness (QED) is 0.900. The predicted molar refractivity (Wildman–Crippen MR) is 68.4 cm³/mol. The number of thiazole rings is 1. The molecule has 0 bridgehead atoms. The SMILES string of the molecule is CC(C)(C)c1csc(CC2CCC2C(=O)O)n1. The fourth-order valence-electron chi connectivity index (χ4n) is 2.11. The molecule has 2 unspecified atom stereocenters. The lowest BCUT2D eigenvalue weighted by Gasteiger charge is -2.32. The van der Waals surface area contributed by atoms with Crippen molar-refractivity contribution in [2.75, 3.05) is 0 Å². The number of aliphatic carboxylic acids is 1. The molecule has 1 aliphatic rings. The molecular formula is C13H19NO2S. The van der Waals surface area contributed by atoms with E-state index >= 15 is 0 Å². The first-order valence-corrected chi connectivity index (χ1v) is 6.93. The van der Waals surface area contributed by atoms with E-state index in [4.69, 9.17) is 5.11 Å². The topological polar surface area (TPSA) is 50.2 Å². The Morgan fingerprint density at radius 3 is 2.65 bits per heavy atom. The van der Waals surface area contributed by atoms with Crippen molar-refractivity contribution in [2.45, 2.75) is 45.4 Å². The zero-order valence-electron chi connectivity index (χ0n) is 10.6.